The van der Waals surface area contributed by atoms with Gasteiger partial charge in [0.05, 0.1) is 31.0 Å². The van der Waals surface area contributed by atoms with Crippen LogP contribution in [0.2, 0.25) is 5.02 Å². The van der Waals surface area contributed by atoms with Crippen LogP contribution < -0.4 is 10.3 Å². The lowest BCUT2D eigenvalue weighted by atomic mass is 9.83. The summed E-state index contributed by atoms with van der Waals surface area (Å²) in [5, 5.41) is 19.7. The molecule has 7 nitrogen and oxygen atoms in total. The van der Waals surface area contributed by atoms with Crippen molar-refractivity contribution in [3.8, 4) is 22.9 Å². The number of carboxylic acids is 1. The Kier molecular flexibility index (Phi) is 7.37. The van der Waals surface area contributed by atoms with Crippen LogP contribution in [0.15, 0.2) is 35.3 Å². The fraction of sp³-hybridized carbons (Fsp3) is 0.435. The number of nitriles is 1. The normalized spacial score (nSPS) is 19.4. The molecule has 2 aromatic rings. The molecular formula is C23H25ClN2O5. The SMILES string of the molecule is COc1cn(C(CC2CCC(OC)CC2)C(=O)O)c(=O)cc1-c1cc(Cl)ccc1C#N. The van der Waals surface area contributed by atoms with Crippen LogP contribution in [0, 0.1) is 17.2 Å². The number of methoxy groups -OCH3 is 2. The number of carbonyl (C=O) groups is 1. The quantitative estimate of drug-likeness (QED) is 0.684. The number of hydrogen-bond donors (Lipinski definition) is 1. The highest BCUT2D eigenvalue weighted by atomic mass is 35.5. The number of rotatable bonds is 7. The predicted molar refractivity (Wildman–Crippen MR) is 116 cm³/mol. The summed E-state index contributed by atoms with van der Waals surface area (Å²) >= 11 is 6.09. The van der Waals surface area contributed by atoms with E-state index in [9.17, 15) is 20.0 Å². The molecule has 164 valence electrons. The van der Waals surface area contributed by atoms with Gasteiger partial charge in [0.1, 0.15) is 11.8 Å². The molecule has 1 fully saturated rings. The van der Waals surface area contributed by atoms with Crippen LogP contribution in [0.1, 0.15) is 43.7 Å². The van der Waals surface area contributed by atoms with E-state index in [0.717, 1.165) is 25.7 Å². The summed E-state index contributed by atoms with van der Waals surface area (Å²) in [7, 11) is 3.13. The molecule has 1 heterocycles. The summed E-state index contributed by atoms with van der Waals surface area (Å²) in [5.74, 6) is -0.567. The lowest BCUT2D eigenvalue weighted by Crippen LogP contribution is -2.32. The van der Waals surface area contributed by atoms with Gasteiger partial charge in [-0.3, -0.25) is 9.36 Å². The van der Waals surface area contributed by atoms with E-state index in [2.05, 4.69) is 6.07 Å². The maximum atomic E-state index is 13.0. The van der Waals surface area contributed by atoms with Crippen LogP contribution in [0.3, 0.4) is 0 Å². The Morgan fingerprint density at radius 3 is 2.55 bits per heavy atom. The average Bonchev–Trinajstić information content (AvgIpc) is 2.77. The van der Waals surface area contributed by atoms with Crippen molar-refractivity contribution in [2.24, 2.45) is 5.92 Å². The molecule has 31 heavy (non-hydrogen) atoms. The molecule has 1 saturated carbocycles. The van der Waals surface area contributed by atoms with Crippen molar-refractivity contribution < 1.29 is 19.4 Å². The Balaban J connectivity index is 1.98. The third-order valence-corrected chi connectivity index (χ3v) is 6.20. The molecule has 0 radical (unpaired) electrons. The van der Waals surface area contributed by atoms with Crippen LogP contribution >= 0.6 is 11.6 Å². The average molecular weight is 445 g/mol. The summed E-state index contributed by atoms with van der Waals surface area (Å²) in [6, 6.07) is 7.14. The molecule has 1 aliphatic carbocycles. The van der Waals surface area contributed by atoms with E-state index in [0.29, 0.717) is 33.9 Å². The molecule has 0 amide bonds. The molecule has 1 aromatic heterocycles. The first kappa shape index (κ1) is 22.9. The van der Waals surface area contributed by atoms with Gasteiger partial charge in [0.15, 0.2) is 0 Å². The number of nitrogens with zero attached hydrogens (tertiary/aromatic N) is 2. The molecule has 0 saturated heterocycles. The Bertz CT molecular complexity index is 1050. The van der Waals surface area contributed by atoms with Crippen molar-refractivity contribution in [3.63, 3.8) is 0 Å². The van der Waals surface area contributed by atoms with Crippen LogP contribution in [0.25, 0.3) is 11.1 Å². The topological polar surface area (TPSA) is 102 Å². The minimum absolute atomic E-state index is 0.197. The van der Waals surface area contributed by atoms with Gasteiger partial charge in [-0.1, -0.05) is 11.6 Å². The van der Waals surface area contributed by atoms with E-state index < -0.39 is 17.6 Å². The van der Waals surface area contributed by atoms with E-state index in [1.807, 2.05) is 0 Å². The van der Waals surface area contributed by atoms with Gasteiger partial charge in [0.2, 0.25) is 0 Å². The Hall–Kier alpha value is -2.82. The highest BCUT2D eigenvalue weighted by Gasteiger charge is 2.29. The molecule has 0 spiro atoms. The first-order valence-electron chi connectivity index (χ1n) is 10.1. The molecule has 1 atom stereocenters. The fourth-order valence-corrected chi connectivity index (χ4v) is 4.41. The number of carboxylic acid groups (broad SMARTS) is 1. The molecule has 1 aliphatic rings. The van der Waals surface area contributed by atoms with Gasteiger partial charge in [-0.05, 0) is 56.2 Å². The van der Waals surface area contributed by atoms with E-state index in [-0.39, 0.29) is 12.0 Å². The minimum Gasteiger partial charge on any atom is -0.495 e. The number of aliphatic carboxylic acids is 1. The van der Waals surface area contributed by atoms with Crippen LogP contribution in [0.5, 0.6) is 5.75 Å². The molecule has 1 aromatic carbocycles. The summed E-state index contributed by atoms with van der Waals surface area (Å²) in [4.78, 5) is 25.0. The van der Waals surface area contributed by atoms with E-state index >= 15 is 0 Å². The number of aromatic nitrogens is 1. The fourth-order valence-electron chi connectivity index (χ4n) is 4.23. The number of benzene rings is 1. The van der Waals surface area contributed by atoms with Crippen molar-refractivity contribution in [1.82, 2.24) is 4.57 Å². The van der Waals surface area contributed by atoms with E-state index in [4.69, 9.17) is 21.1 Å². The van der Waals surface area contributed by atoms with Crippen LogP contribution in [-0.2, 0) is 9.53 Å². The second-order valence-corrected chi connectivity index (χ2v) is 8.21. The van der Waals surface area contributed by atoms with Crippen LogP contribution in [-0.4, -0.2) is 36.0 Å². The second-order valence-electron chi connectivity index (χ2n) is 7.77. The van der Waals surface area contributed by atoms with Crippen molar-refractivity contribution >= 4 is 17.6 Å². The maximum absolute atomic E-state index is 13.0. The Morgan fingerprint density at radius 2 is 1.97 bits per heavy atom. The molecule has 0 aliphatic heterocycles. The van der Waals surface area contributed by atoms with Gasteiger partial charge < -0.3 is 14.6 Å². The Labute approximate surface area is 185 Å². The lowest BCUT2D eigenvalue weighted by Gasteiger charge is -2.29. The third-order valence-electron chi connectivity index (χ3n) is 5.96. The number of pyridine rings is 1. The molecular weight excluding hydrogens is 420 g/mol. The third kappa shape index (κ3) is 5.09. The highest BCUT2D eigenvalue weighted by molar-refractivity contribution is 6.31. The van der Waals surface area contributed by atoms with Gasteiger partial charge in [-0.25, -0.2) is 4.79 Å². The van der Waals surface area contributed by atoms with Crippen molar-refractivity contribution in [1.29, 1.82) is 5.26 Å². The van der Waals surface area contributed by atoms with Crippen molar-refractivity contribution in [2.45, 2.75) is 44.2 Å². The molecule has 3 rings (SSSR count). The predicted octanol–water partition coefficient (Wildman–Crippen LogP) is 4.27. The summed E-state index contributed by atoms with van der Waals surface area (Å²) in [5.41, 5.74) is 0.718. The van der Waals surface area contributed by atoms with Gasteiger partial charge in [-0.15, -0.1) is 0 Å². The first-order chi connectivity index (χ1) is 14.9. The first-order valence-corrected chi connectivity index (χ1v) is 10.5. The highest BCUT2D eigenvalue weighted by Crippen LogP contribution is 2.35. The van der Waals surface area contributed by atoms with Gasteiger partial charge in [0, 0.05) is 29.3 Å². The van der Waals surface area contributed by atoms with Crippen molar-refractivity contribution in [2.75, 3.05) is 14.2 Å². The number of ether oxygens (including phenoxy) is 2. The number of hydrogen-bond acceptors (Lipinski definition) is 5. The second kappa shape index (κ2) is 9.99. The van der Waals surface area contributed by atoms with Gasteiger partial charge in [-0.2, -0.15) is 5.26 Å². The molecule has 1 N–H and O–H groups in total. The van der Waals surface area contributed by atoms with Crippen LogP contribution in [0.4, 0.5) is 0 Å². The van der Waals surface area contributed by atoms with E-state index in [1.54, 1.807) is 25.3 Å². The molecule has 1 unspecified atom stereocenters. The zero-order chi connectivity index (χ0) is 22.5. The standard InChI is InChI=1S/C23H25ClN2O5/c1-30-17-7-3-14(4-8-17)9-20(23(28)29)26-13-21(31-2)19(11-22(26)27)18-10-16(24)6-5-15(18)12-25/h5-6,10-11,13-14,17,20H,3-4,7-9H2,1-2H3,(H,28,29). The largest absolute Gasteiger partial charge is 0.495 e. The lowest BCUT2D eigenvalue weighted by molar-refractivity contribution is -0.141. The summed E-state index contributed by atoms with van der Waals surface area (Å²) in [6.45, 7) is 0. The molecule has 8 heteroatoms. The minimum atomic E-state index is -1.06. The summed E-state index contributed by atoms with van der Waals surface area (Å²) in [6.07, 6.45) is 5.48. The maximum Gasteiger partial charge on any atom is 0.326 e. The smallest absolute Gasteiger partial charge is 0.326 e. The Morgan fingerprint density at radius 1 is 1.26 bits per heavy atom. The van der Waals surface area contributed by atoms with Crippen molar-refractivity contribution in [3.05, 3.63) is 51.4 Å². The van der Waals surface area contributed by atoms with Gasteiger partial charge in [0.25, 0.3) is 5.56 Å². The zero-order valence-electron chi connectivity index (χ0n) is 17.5. The monoisotopic (exact) mass is 444 g/mol. The summed E-state index contributed by atoms with van der Waals surface area (Å²) < 4.78 is 12.1. The molecule has 0 bridgehead atoms. The number of halogens is 1. The van der Waals surface area contributed by atoms with Gasteiger partial charge >= 0.3 is 5.97 Å². The zero-order valence-corrected chi connectivity index (χ0v) is 18.3. The van der Waals surface area contributed by atoms with E-state index in [1.165, 1.54) is 23.9 Å².